The second kappa shape index (κ2) is 14.9. The minimum absolute atomic E-state index is 0. The Bertz CT molecular complexity index is 1570. The Hall–Kier alpha value is -3.83. The van der Waals surface area contributed by atoms with E-state index in [9.17, 15) is 0 Å². The van der Waals surface area contributed by atoms with Crippen LogP contribution < -0.4 is 9.47 Å². The van der Waals surface area contributed by atoms with E-state index in [1.165, 1.54) is 0 Å². The predicted molar refractivity (Wildman–Crippen MR) is 166 cm³/mol. The van der Waals surface area contributed by atoms with Gasteiger partial charge in [0.25, 0.3) is 0 Å². The molecule has 0 radical (unpaired) electrons. The molecule has 1 saturated heterocycles. The first-order valence-corrected chi connectivity index (χ1v) is 13.6. The number of aryl methyl sites for hydroxylation is 1. The van der Waals surface area contributed by atoms with E-state index in [4.69, 9.17) is 24.2 Å². The number of fused-ring (bicyclic) bond motifs is 1. The summed E-state index contributed by atoms with van der Waals surface area (Å²) in [4.78, 5) is 11.9. The zero-order valence-electron chi connectivity index (χ0n) is 23.2. The van der Waals surface area contributed by atoms with Gasteiger partial charge in [0.2, 0.25) is 11.7 Å². The largest absolute Gasteiger partial charge is 0.486 e. The number of aromatic nitrogens is 6. The van der Waals surface area contributed by atoms with E-state index in [0.29, 0.717) is 36.2 Å². The average Bonchev–Trinajstić information content (AvgIpc) is 3.56. The van der Waals surface area contributed by atoms with Gasteiger partial charge >= 0.3 is 0 Å². The molecule has 1 aliphatic heterocycles. The highest BCUT2D eigenvalue weighted by Crippen LogP contribution is 2.32. The highest BCUT2D eigenvalue weighted by molar-refractivity contribution is 5.86. The lowest BCUT2D eigenvalue weighted by molar-refractivity contribution is 0.0320. The number of aromatic amines is 1. The van der Waals surface area contributed by atoms with Gasteiger partial charge in [-0.2, -0.15) is 5.21 Å². The number of pyridine rings is 2. The quantitative estimate of drug-likeness (QED) is 0.229. The van der Waals surface area contributed by atoms with Crippen LogP contribution in [-0.2, 0) is 17.8 Å². The predicted octanol–water partition coefficient (Wildman–Crippen LogP) is 5.17. The molecular formula is C30H33Cl2N7O3. The van der Waals surface area contributed by atoms with Gasteiger partial charge < -0.3 is 14.2 Å². The molecule has 0 amide bonds. The van der Waals surface area contributed by atoms with Crippen LogP contribution in [0.3, 0.4) is 0 Å². The SMILES string of the molecule is CCc1cc(OCc2ccc(-c3ccccc3)c(-c3nn[nH]n3)c2)c2nc(OCCN3CCOCC3)ccc2n1.Cl.Cl. The van der Waals surface area contributed by atoms with Crippen molar-refractivity contribution in [2.24, 2.45) is 0 Å². The molecule has 4 heterocycles. The first-order chi connectivity index (χ1) is 19.8. The molecule has 1 N–H and O–H groups in total. The van der Waals surface area contributed by atoms with Crippen LogP contribution in [-0.4, -0.2) is 74.9 Å². The van der Waals surface area contributed by atoms with Gasteiger partial charge in [0.15, 0.2) is 0 Å². The third-order valence-corrected chi connectivity index (χ3v) is 6.92. The van der Waals surface area contributed by atoms with Crippen molar-refractivity contribution < 1.29 is 14.2 Å². The summed E-state index contributed by atoms with van der Waals surface area (Å²) in [6.45, 7) is 7.20. The van der Waals surface area contributed by atoms with Crippen molar-refractivity contribution in [3.63, 3.8) is 0 Å². The number of benzene rings is 2. The Kier molecular flexibility index (Phi) is 11.0. The zero-order valence-corrected chi connectivity index (χ0v) is 24.9. The van der Waals surface area contributed by atoms with Crippen molar-refractivity contribution in [3.8, 4) is 34.1 Å². The molecule has 220 valence electrons. The summed E-state index contributed by atoms with van der Waals surface area (Å²) in [5.74, 6) is 1.76. The maximum atomic E-state index is 6.38. The van der Waals surface area contributed by atoms with Crippen molar-refractivity contribution >= 4 is 35.8 Å². The number of nitrogens with zero attached hydrogens (tertiary/aromatic N) is 6. The molecule has 0 saturated carbocycles. The summed E-state index contributed by atoms with van der Waals surface area (Å²) in [5.41, 5.74) is 6.35. The topological polar surface area (TPSA) is 111 Å². The van der Waals surface area contributed by atoms with Crippen LogP contribution in [0.15, 0.2) is 66.7 Å². The molecule has 3 aromatic heterocycles. The molecular weight excluding hydrogens is 577 g/mol. The first kappa shape index (κ1) is 31.1. The molecule has 6 rings (SSSR count). The molecule has 0 atom stereocenters. The Morgan fingerprint density at radius 1 is 0.905 bits per heavy atom. The van der Waals surface area contributed by atoms with Crippen LogP contribution in [0.25, 0.3) is 33.5 Å². The number of hydrogen-bond donors (Lipinski definition) is 1. The number of nitrogens with one attached hydrogen (secondary N) is 1. The number of ether oxygens (including phenoxy) is 3. The third-order valence-electron chi connectivity index (χ3n) is 6.92. The Morgan fingerprint density at radius 3 is 2.50 bits per heavy atom. The Morgan fingerprint density at radius 2 is 1.74 bits per heavy atom. The van der Waals surface area contributed by atoms with E-state index >= 15 is 0 Å². The highest BCUT2D eigenvalue weighted by atomic mass is 35.5. The van der Waals surface area contributed by atoms with Gasteiger partial charge in [-0.15, -0.1) is 35.0 Å². The van der Waals surface area contributed by atoms with Crippen molar-refractivity contribution in [1.29, 1.82) is 0 Å². The van der Waals surface area contributed by atoms with Gasteiger partial charge in [-0.1, -0.05) is 49.4 Å². The standard InChI is InChI=1S/C30H31N7O3.2ClH/c1-2-23-19-27(29-26(31-23)10-11-28(32-29)39-17-14-37-12-15-38-16-13-37)40-20-21-8-9-24(22-6-4-3-5-7-22)25(18-21)30-33-35-36-34-30;;/h3-11,18-19H,2,12-17,20H2,1H3,(H,33,34,35,36);2*1H. The molecule has 42 heavy (non-hydrogen) atoms. The zero-order chi connectivity index (χ0) is 27.1. The van der Waals surface area contributed by atoms with Gasteiger partial charge in [-0.25, -0.2) is 4.98 Å². The molecule has 0 bridgehead atoms. The van der Waals surface area contributed by atoms with Crippen LogP contribution in [0.1, 0.15) is 18.2 Å². The lowest BCUT2D eigenvalue weighted by Crippen LogP contribution is -2.38. The number of hydrogen-bond acceptors (Lipinski definition) is 9. The van der Waals surface area contributed by atoms with Crippen LogP contribution in [0.2, 0.25) is 0 Å². The van der Waals surface area contributed by atoms with Gasteiger partial charge in [-0.05, 0) is 40.5 Å². The molecule has 5 aromatic rings. The second-order valence-corrected chi connectivity index (χ2v) is 9.56. The smallest absolute Gasteiger partial charge is 0.214 e. The fourth-order valence-corrected chi connectivity index (χ4v) is 4.76. The maximum Gasteiger partial charge on any atom is 0.214 e. The molecule has 10 nitrogen and oxygen atoms in total. The number of rotatable bonds is 10. The Labute approximate surface area is 256 Å². The molecule has 1 aliphatic rings. The van der Waals surface area contributed by atoms with Gasteiger partial charge in [0.05, 0.1) is 18.7 Å². The van der Waals surface area contributed by atoms with Crippen LogP contribution in [0.4, 0.5) is 0 Å². The number of H-pyrrole nitrogens is 1. The lowest BCUT2D eigenvalue weighted by Gasteiger charge is -2.26. The summed E-state index contributed by atoms with van der Waals surface area (Å²) in [7, 11) is 0. The molecule has 1 fully saturated rings. The summed E-state index contributed by atoms with van der Waals surface area (Å²) in [6.07, 6.45) is 0.790. The van der Waals surface area contributed by atoms with E-state index < -0.39 is 0 Å². The molecule has 0 unspecified atom stereocenters. The van der Waals surface area contributed by atoms with E-state index in [1.807, 2.05) is 42.5 Å². The lowest BCUT2D eigenvalue weighted by atomic mass is 9.97. The van der Waals surface area contributed by atoms with Crippen molar-refractivity contribution in [2.75, 3.05) is 39.5 Å². The van der Waals surface area contributed by atoms with E-state index in [-0.39, 0.29) is 24.8 Å². The Balaban J connectivity index is 0.00000202. The fourth-order valence-electron chi connectivity index (χ4n) is 4.76. The first-order valence-electron chi connectivity index (χ1n) is 13.6. The normalized spacial score (nSPS) is 13.3. The highest BCUT2D eigenvalue weighted by Gasteiger charge is 2.15. The average molecular weight is 611 g/mol. The monoisotopic (exact) mass is 609 g/mol. The van der Waals surface area contributed by atoms with Gasteiger partial charge in [-0.3, -0.25) is 9.88 Å². The minimum atomic E-state index is 0. The number of halogens is 2. The summed E-state index contributed by atoms with van der Waals surface area (Å²) < 4.78 is 17.8. The van der Waals surface area contributed by atoms with Gasteiger partial charge in [0, 0.05) is 43.0 Å². The molecule has 12 heteroatoms. The van der Waals surface area contributed by atoms with Crippen molar-refractivity contribution in [3.05, 3.63) is 78.0 Å². The van der Waals surface area contributed by atoms with Crippen LogP contribution >= 0.6 is 24.8 Å². The molecule has 2 aromatic carbocycles. The maximum absolute atomic E-state index is 6.38. The van der Waals surface area contributed by atoms with E-state index in [2.05, 4.69) is 56.7 Å². The molecule has 0 spiro atoms. The van der Waals surface area contributed by atoms with Crippen LogP contribution in [0, 0.1) is 0 Å². The number of tetrazole rings is 1. The summed E-state index contributed by atoms with van der Waals surface area (Å²) in [6, 6.07) is 22.1. The minimum Gasteiger partial charge on any atom is -0.486 e. The molecule has 0 aliphatic carbocycles. The third kappa shape index (κ3) is 7.32. The van der Waals surface area contributed by atoms with E-state index in [1.54, 1.807) is 0 Å². The van der Waals surface area contributed by atoms with E-state index in [0.717, 1.165) is 72.7 Å². The summed E-state index contributed by atoms with van der Waals surface area (Å²) in [5, 5.41) is 14.8. The number of morpholine rings is 1. The fraction of sp³-hybridized carbons (Fsp3) is 0.300. The van der Waals surface area contributed by atoms with Crippen molar-refractivity contribution in [2.45, 2.75) is 20.0 Å². The van der Waals surface area contributed by atoms with Crippen LogP contribution in [0.5, 0.6) is 11.6 Å². The summed E-state index contributed by atoms with van der Waals surface area (Å²) >= 11 is 0. The second-order valence-electron chi connectivity index (χ2n) is 9.56. The van der Waals surface area contributed by atoms with Crippen molar-refractivity contribution in [1.82, 2.24) is 35.5 Å². The van der Waals surface area contributed by atoms with Gasteiger partial charge in [0.1, 0.15) is 24.5 Å².